The third-order valence-electron chi connectivity index (χ3n) is 2.55. The summed E-state index contributed by atoms with van der Waals surface area (Å²) in [7, 11) is 0. The maximum atomic E-state index is 12.1. The van der Waals surface area contributed by atoms with Crippen molar-refractivity contribution in [1.82, 2.24) is 15.5 Å². The van der Waals surface area contributed by atoms with Crippen LogP contribution in [-0.2, 0) is 12.0 Å². The van der Waals surface area contributed by atoms with Crippen molar-refractivity contribution in [2.45, 2.75) is 50.9 Å². The van der Waals surface area contributed by atoms with E-state index in [0.717, 1.165) is 12.8 Å². The molecule has 4 nitrogen and oxygen atoms in total. The minimum absolute atomic E-state index is 0.218. The highest BCUT2D eigenvalue weighted by Gasteiger charge is 2.50. The van der Waals surface area contributed by atoms with Crippen LogP contribution in [0.1, 0.15) is 38.4 Å². The maximum absolute atomic E-state index is 12.1. The predicted octanol–water partition coefficient (Wildman–Crippen LogP) is 2.16. The summed E-state index contributed by atoms with van der Waals surface area (Å²) >= 11 is 0. The first-order valence-corrected chi connectivity index (χ1v) is 5.48. The number of alkyl halides is 3. The number of aromatic nitrogens is 2. The van der Waals surface area contributed by atoms with Crippen LogP contribution in [0.4, 0.5) is 13.2 Å². The molecule has 0 aliphatic heterocycles. The highest BCUT2D eigenvalue weighted by molar-refractivity contribution is 5.14. The van der Waals surface area contributed by atoms with E-state index in [9.17, 15) is 13.2 Å². The maximum Gasteiger partial charge on any atom is 0.396 e. The molecule has 96 valence electrons. The van der Waals surface area contributed by atoms with Gasteiger partial charge < -0.3 is 9.84 Å². The minimum atomic E-state index is -4.30. The molecule has 0 aromatic carbocycles. The van der Waals surface area contributed by atoms with Crippen LogP contribution in [0.3, 0.4) is 0 Å². The summed E-state index contributed by atoms with van der Waals surface area (Å²) in [6.07, 6.45) is -3.81. The van der Waals surface area contributed by atoms with Gasteiger partial charge in [-0.3, -0.25) is 0 Å². The van der Waals surface area contributed by atoms with Crippen molar-refractivity contribution in [1.29, 1.82) is 0 Å². The van der Waals surface area contributed by atoms with Crippen LogP contribution in [0.25, 0.3) is 0 Å². The van der Waals surface area contributed by atoms with Gasteiger partial charge in [-0.05, 0) is 26.7 Å². The Morgan fingerprint density at radius 3 is 2.53 bits per heavy atom. The SMILES string of the molecule is CC(C)NC1(c2nc(CC(F)(F)F)no2)CC1. The fraction of sp³-hybridized carbons (Fsp3) is 0.800. The summed E-state index contributed by atoms with van der Waals surface area (Å²) in [6.45, 7) is 3.93. The van der Waals surface area contributed by atoms with E-state index in [1.165, 1.54) is 0 Å². The summed E-state index contributed by atoms with van der Waals surface area (Å²) in [5.41, 5.74) is -0.398. The van der Waals surface area contributed by atoms with Gasteiger partial charge in [-0.15, -0.1) is 0 Å². The molecule has 0 spiro atoms. The summed E-state index contributed by atoms with van der Waals surface area (Å²) in [4.78, 5) is 3.82. The predicted molar refractivity (Wildman–Crippen MR) is 53.2 cm³/mol. The van der Waals surface area contributed by atoms with E-state index < -0.39 is 18.1 Å². The smallest absolute Gasteiger partial charge is 0.337 e. The van der Waals surface area contributed by atoms with Crippen molar-refractivity contribution < 1.29 is 17.7 Å². The molecule has 1 aliphatic carbocycles. The Morgan fingerprint density at radius 2 is 2.06 bits per heavy atom. The van der Waals surface area contributed by atoms with Crippen molar-refractivity contribution in [2.24, 2.45) is 0 Å². The quantitative estimate of drug-likeness (QED) is 0.888. The number of halogens is 3. The van der Waals surface area contributed by atoms with Gasteiger partial charge in [-0.1, -0.05) is 5.16 Å². The van der Waals surface area contributed by atoms with Gasteiger partial charge in [0.2, 0.25) is 5.89 Å². The Morgan fingerprint density at radius 1 is 1.41 bits per heavy atom. The van der Waals surface area contributed by atoms with Crippen LogP contribution in [0, 0.1) is 0 Å². The fourth-order valence-corrected chi connectivity index (χ4v) is 1.80. The lowest BCUT2D eigenvalue weighted by Gasteiger charge is -2.15. The van der Waals surface area contributed by atoms with E-state index in [1.807, 2.05) is 13.8 Å². The Hall–Kier alpha value is -1.11. The second kappa shape index (κ2) is 3.97. The van der Waals surface area contributed by atoms with Crippen LogP contribution in [0.15, 0.2) is 4.52 Å². The Labute approximate surface area is 96.6 Å². The van der Waals surface area contributed by atoms with Crippen LogP contribution in [-0.4, -0.2) is 22.4 Å². The van der Waals surface area contributed by atoms with E-state index in [0.29, 0.717) is 0 Å². The standard InChI is InChI=1S/C10H14F3N3O/c1-6(2)15-9(3-4-9)8-14-7(16-17-8)5-10(11,12)13/h6,15H,3-5H2,1-2H3. The number of rotatable bonds is 4. The molecule has 1 aliphatic rings. The average Bonchev–Trinajstić information content (AvgIpc) is 2.74. The first-order chi connectivity index (χ1) is 7.81. The molecule has 1 aromatic rings. The topological polar surface area (TPSA) is 51.0 Å². The van der Waals surface area contributed by atoms with Gasteiger partial charge in [0.25, 0.3) is 0 Å². The molecule has 0 bridgehead atoms. The molecule has 1 N–H and O–H groups in total. The molecule has 0 unspecified atom stereocenters. The lowest BCUT2D eigenvalue weighted by Crippen LogP contribution is -2.35. The Balaban J connectivity index is 2.08. The van der Waals surface area contributed by atoms with Gasteiger partial charge in [-0.2, -0.15) is 18.2 Å². The largest absolute Gasteiger partial charge is 0.396 e. The van der Waals surface area contributed by atoms with Gasteiger partial charge in [0.15, 0.2) is 5.82 Å². The average molecular weight is 249 g/mol. The molecule has 1 fully saturated rings. The molecule has 1 aromatic heterocycles. The summed E-state index contributed by atoms with van der Waals surface area (Å²) in [6, 6.07) is 0.218. The molecule has 2 rings (SSSR count). The van der Waals surface area contributed by atoms with Crippen molar-refractivity contribution >= 4 is 0 Å². The number of nitrogens with one attached hydrogen (secondary N) is 1. The molecule has 0 saturated heterocycles. The highest BCUT2D eigenvalue weighted by atomic mass is 19.4. The van der Waals surface area contributed by atoms with Gasteiger partial charge in [0.1, 0.15) is 6.42 Å². The molecule has 1 heterocycles. The van der Waals surface area contributed by atoms with Crippen molar-refractivity contribution in [2.75, 3.05) is 0 Å². The third kappa shape index (κ3) is 2.96. The summed E-state index contributed by atoms with van der Waals surface area (Å²) < 4.78 is 41.3. The number of hydrogen-bond acceptors (Lipinski definition) is 4. The first-order valence-electron chi connectivity index (χ1n) is 5.48. The monoisotopic (exact) mass is 249 g/mol. The van der Waals surface area contributed by atoms with Crippen LogP contribution >= 0.6 is 0 Å². The van der Waals surface area contributed by atoms with E-state index in [-0.39, 0.29) is 17.8 Å². The van der Waals surface area contributed by atoms with Gasteiger partial charge in [0, 0.05) is 6.04 Å². The van der Waals surface area contributed by atoms with Crippen LogP contribution in [0.5, 0.6) is 0 Å². The van der Waals surface area contributed by atoms with Gasteiger partial charge in [-0.25, -0.2) is 0 Å². The van der Waals surface area contributed by atoms with Gasteiger partial charge >= 0.3 is 6.18 Å². The zero-order chi connectivity index (χ0) is 12.7. The molecule has 0 amide bonds. The first kappa shape index (κ1) is 12.3. The number of hydrogen-bond donors (Lipinski definition) is 1. The summed E-state index contributed by atoms with van der Waals surface area (Å²) in [5.74, 6) is -0.0326. The van der Waals surface area contributed by atoms with Crippen LogP contribution in [0.2, 0.25) is 0 Å². The molecule has 0 atom stereocenters. The second-order valence-electron chi connectivity index (χ2n) is 4.69. The Bertz CT molecular complexity index is 396. The lowest BCUT2D eigenvalue weighted by atomic mass is 10.2. The van der Waals surface area contributed by atoms with Crippen molar-refractivity contribution in [3.63, 3.8) is 0 Å². The van der Waals surface area contributed by atoms with E-state index in [2.05, 4.69) is 15.5 Å². The molecular formula is C10H14F3N3O. The van der Waals surface area contributed by atoms with Crippen molar-refractivity contribution in [3.05, 3.63) is 11.7 Å². The molecule has 7 heteroatoms. The van der Waals surface area contributed by atoms with E-state index in [1.54, 1.807) is 0 Å². The van der Waals surface area contributed by atoms with Crippen molar-refractivity contribution in [3.8, 4) is 0 Å². The highest BCUT2D eigenvalue weighted by Crippen LogP contribution is 2.45. The van der Waals surface area contributed by atoms with Crippen LogP contribution < -0.4 is 5.32 Å². The van der Waals surface area contributed by atoms with E-state index >= 15 is 0 Å². The molecule has 0 radical (unpaired) electrons. The molecular weight excluding hydrogens is 235 g/mol. The normalized spacial score (nSPS) is 18.7. The molecule has 1 saturated carbocycles. The lowest BCUT2D eigenvalue weighted by molar-refractivity contribution is -0.128. The second-order valence-corrected chi connectivity index (χ2v) is 4.69. The third-order valence-corrected chi connectivity index (χ3v) is 2.55. The zero-order valence-electron chi connectivity index (χ0n) is 9.64. The van der Waals surface area contributed by atoms with Gasteiger partial charge in [0.05, 0.1) is 5.54 Å². The fourth-order valence-electron chi connectivity index (χ4n) is 1.80. The minimum Gasteiger partial charge on any atom is -0.337 e. The Kier molecular flexibility index (Phi) is 2.89. The number of nitrogens with zero attached hydrogens (tertiary/aromatic N) is 2. The zero-order valence-corrected chi connectivity index (χ0v) is 9.64. The van der Waals surface area contributed by atoms with E-state index in [4.69, 9.17) is 4.52 Å². The molecule has 17 heavy (non-hydrogen) atoms. The summed E-state index contributed by atoms with van der Waals surface area (Å²) in [5, 5.41) is 6.61.